The Hall–Kier alpha value is -1.02. The lowest BCUT2D eigenvalue weighted by molar-refractivity contribution is -0.123. The third-order valence-electron chi connectivity index (χ3n) is 3.23. The monoisotopic (exact) mass is 237 g/mol. The molecule has 1 aromatic rings. The summed E-state index contributed by atoms with van der Waals surface area (Å²) >= 11 is 5.93. The lowest BCUT2D eigenvalue weighted by Gasteiger charge is -2.17. The Labute approximate surface area is 101 Å². The first-order valence-electron chi connectivity index (χ1n) is 5.65. The summed E-state index contributed by atoms with van der Waals surface area (Å²) in [6.07, 6.45) is 1.89. The fourth-order valence-corrected chi connectivity index (χ4v) is 2.46. The van der Waals surface area contributed by atoms with Gasteiger partial charge in [-0.15, -0.1) is 0 Å². The Morgan fingerprint density at radius 3 is 2.69 bits per heavy atom. The van der Waals surface area contributed by atoms with Crippen molar-refractivity contribution >= 4 is 17.5 Å². The van der Waals surface area contributed by atoms with E-state index in [0.29, 0.717) is 6.54 Å². The van der Waals surface area contributed by atoms with Gasteiger partial charge in [-0.3, -0.25) is 4.79 Å². The molecular formula is C13H16ClNO. The molecule has 1 amide bonds. The van der Waals surface area contributed by atoms with Crippen LogP contribution in [0, 0.1) is 6.92 Å². The van der Waals surface area contributed by atoms with Crippen LogP contribution >= 0.6 is 11.6 Å². The van der Waals surface area contributed by atoms with Gasteiger partial charge >= 0.3 is 0 Å². The minimum absolute atomic E-state index is 0.153. The molecule has 0 saturated heterocycles. The van der Waals surface area contributed by atoms with E-state index in [2.05, 4.69) is 5.32 Å². The zero-order chi connectivity index (χ0) is 11.8. The topological polar surface area (TPSA) is 29.1 Å². The van der Waals surface area contributed by atoms with Crippen molar-refractivity contribution < 1.29 is 4.79 Å². The van der Waals surface area contributed by atoms with Crippen molar-refractivity contribution in [2.24, 2.45) is 0 Å². The fourth-order valence-electron chi connectivity index (χ4n) is 2.24. The van der Waals surface area contributed by atoms with Crippen LogP contribution in [0.5, 0.6) is 0 Å². The minimum atomic E-state index is -0.273. The Morgan fingerprint density at radius 2 is 2.19 bits per heavy atom. The van der Waals surface area contributed by atoms with E-state index >= 15 is 0 Å². The molecule has 1 aliphatic rings. The number of rotatable bonds is 3. The minimum Gasteiger partial charge on any atom is -0.356 e. The van der Waals surface area contributed by atoms with Crippen molar-refractivity contribution in [3.8, 4) is 0 Å². The molecule has 0 spiro atoms. The summed E-state index contributed by atoms with van der Waals surface area (Å²) in [5, 5.41) is 3.65. The van der Waals surface area contributed by atoms with Crippen LogP contribution in [-0.4, -0.2) is 12.5 Å². The largest absolute Gasteiger partial charge is 0.356 e. The van der Waals surface area contributed by atoms with Crippen molar-refractivity contribution in [2.45, 2.75) is 32.1 Å². The van der Waals surface area contributed by atoms with Gasteiger partial charge in [0.2, 0.25) is 5.91 Å². The molecule has 2 nitrogen and oxygen atoms in total. The molecular weight excluding hydrogens is 222 g/mol. The zero-order valence-corrected chi connectivity index (χ0v) is 10.4. The molecule has 0 aromatic heterocycles. The highest BCUT2D eigenvalue weighted by Gasteiger charge is 2.51. The number of hydrogen-bond donors (Lipinski definition) is 1. The van der Waals surface area contributed by atoms with E-state index in [-0.39, 0.29) is 11.3 Å². The maximum atomic E-state index is 12.0. The van der Waals surface area contributed by atoms with Gasteiger partial charge in [-0.2, -0.15) is 0 Å². The summed E-state index contributed by atoms with van der Waals surface area (Å²) in [7, 11) is 0. The van der Waals surface area contributed by atoms with Gasteiger partial charge in [-0.25, -0.2) is 0 Å². The van der Waals surface area contributed by atoms with E-state index in [0.717, 1.165) is 29.0 Å². The van der Waals surface area contributed by atoms with Crippen molar-refractivity contribution in [1.82, 2.24) is 5.32 Å². The molecule has 2 rings (SSSR count). The average molecular weight is 238 g/mol. The van der Waals surface area contributed by atoms with E-state index in [1.54, 1.807) is 0 Å². The summed E-state index contributed by atoms with van der Waals surface area (Å²) < 4.78 is 0. The van der Waals surface area contributed by atoms with Crippen LogP contribution in [0.1, 0.15) is 30.9 Å². The van der Waals surface area contributed by atoms with Gasteiger partial charge in [-0.05, 0) is 49.9 Å². The molecule has 1 aliphatic carbocycles. The first kappa shape index (κ1) is 11.5. The van der Waals surface area contributed by atoms with Crippen LogP contribution in [0.3, 0.4) is 0 Å². The predicted molar refractivity (Wildman–Crippen MR) is 65.8 cm³/mol. The standard InChI is InChI=1S/C13H16ClNO/c1-3-15-12(16)13(6-7-13)11-5-4-10(14)8-9(11)2/h4-5,8H,3,6-7H2,1-2H3,(H,15,16). The van der Waals surface area contributed by atoms with Gasteiger partial charge in [0.25, 0.3) is 0 Å². The SMILES string of the molecule is CCNC(=O)C1(c2ccc(Cl)cc2C)CC1. The smallest absolute Gasteiger partial charge is 0.230 e. The number of benzene rings is 1. The van der Waals surface area contributed by atoms with Crippen molar-refractivity contribution in [1.29, 1.82) is 0 Å². The van der Waals surface area contributed by atoms with Gasteiger partial charge in [-0.1, -0.05) is 17.7 Å². The second-order valence-corrected chi connectivity index (χ2v) is 4.84. The fraction of sp³-hybridized carbons (Fsp3) is 0.462. The molecule has 0 atom stereocenters. The van der Waals surface area contributed by atoms with Crippen LogP contribution in [-0.2, 0) is 10.2 Å². The Morgan fingerprint density at radius 1 is 1.50 bits per heavy atom. The van der Waals surface area contributed by atoms with Crippen molar-refractivity contribution in [3.05, 3.63) is 34.3 Å². The van der Waals surface area contributed by atoms with E-state index < -0.39 is 0 Å². The number of hydrogen-bond acceptors (Lipinski definition) is 1. The van der Waals surface area contributed by atoms with Crippen LogP contribution in [0.15, 0.2) is 18.2 Å². The van der Waals surface area contributed by atoms with Gasteiger partial charge in [0.05, 0.1) is 5.41 Å². The van der Waals surface area contributed by atoms with Crippen LogP contribution in [0.2, 0.25) is 5.02 Å². The summed E-state index contributed by atoms with van der Waals surface area (Å²) in [4.78, 5) is 12.0. The van der Waals surface area contributed by atoms with Gasteiger partial charge in [0.1, 0.15) is 0 Å². The average Bonchev–Trinajstić information content (AvgIpc) is 2.99. The van der Waals surface area contributed by atoms with Gasteiger partial charge < -0.3 is 5.32 Å². The van der Waals surface area contributed by atoms with E-state index in [9.17, 15) is 4.79 Å². The lowest BCUT2D eigenvalue weighted by Crippen LogP contribution is -2.34. The third kappa shape index (κ3) is 1.82. The third-order valence-corrected chi connectivity index (χ3v) is 3.46. The molecule has 0 heterocycles. The molecule has 0 radical (unpaired) electrons. The zero-order valence-electron chi connectivity index (χ0n) is 9.64. The van der Waals surface area contributed by atoms with E-state index in [1.165, 1.54) is 0 Å². The highest BCUT2D eigenvalue weighted by Crippen LogP contribution is 2.49. The van der Waals surface area contributed by atoms with Crippen LogP contribution in [0.4, 0.5) is 0 Å². The predicted octanol–water partition coefficient (Wildman–Crippen LogP) is 2.82. The second-order valence-electron chi connectivity index (χ2n) is 4.40. The van der Waals surface area contributed by atoms with E-state index in [4.69, 9.17) is 11.6 Å². The van der Waals surface area contributed by atoms with Crippen LogP contribution in [0.25, 0.3) is 0 Å². The number of likely N-dealkylation sites (N-methyl/N-ethyl adjacent to an activating group) is 1. The molecule has 86 valence electrons. The first-order chi connectivity index (χ1) is 7.60. The normalized spacial score (nSPS) is 16.9. The molecule has 1 fully saturated rings. The summed E-state index contributed by atoms with van der Waals surface area (Å²) in [6.45, 7) is 4.65. The maximum Gasteiger partial charge on any atom is 0.230 e. The molecule has 1 saturated carbocycles. The number of aryl methyl sites for hydroxylation is 1. The number of nitrogens with one attached hydrogen (secondary N) is 1. The first-order valence-corrected chi connectivity index (χ1v) is 6.03. The van der Waals surface area contributed by atoms with E-state index in [1.807, 2.05) is 32.0 Å². The summed E-state index contributed by atoms with van der Waals surface area (Å²) in [6, 6.07) is 5.78. The molecule has 0 aliphatic heterocycles. The quantitative estimate of drug-likeness (QED) is 0.861. The Bertz CT molecular complexity index is 424. The number of carbonyl (C=O) groups excluding carboxylic acids is 1. The maximum absolute atomic E-state index is 12.0. The van der Waals surface area contributed by atoms with Crippen molar-refractivity contribution in [3.63, 3.8) is 0 Å². The molecule has 16 heavy (non-hydrogen) atoms. The van der Waals surface area contributed by atoms with Gasteiger partial charge in [0, 0.05) is 11.6 Å². The Kier molecular flexibility index (Phi) is 2.94. The second kappa shape index (κ2) is 4.10. The Balaban J connectivity index is 2.33. The molecule has 1 N–H and O–H groups in total. The molecule has 0 unspecified atom stereocenters. The highest BCUT2D eigenvalue weighted by molar-refractivity contribution is 6.30. The molecule has 0 bridgehead atoms. The van der Waals surface area contributed by atoms with Gasteiger partial charge in [0.15, 0.2) is 0 Å². The van der Waals surface area contributed by atoms with Crippen LogP contribution < -0.4 is 5.32 Å². The highest BCUT2D eigenvalue weighted by atomic mass is 35.5. The summed E-state index contributed by atoms with van der Waals surface area (Å²) in [5.74, 6) is 0.153. The number of carbonyl (C=O) groups is 1. The number of amides is 1. The van der Waals surface area contributed by atoms with Crippen molar-refractivity contribution in [2.75, 3.05) is 6.54 Å². The summed E-state index contributed by atoms with van der Waals surface area (Å²) in [5.41, 5.74) is 1.96. The molecule has 3 heteroatoms. The molecule has 1 aromatic carbocycles. The number of halogens is 1. The lowest BCUT2D eigenvalue weighted by atomic mass is 9.91.